The van der Waals surface area contributed by atoms with Crippen LogP contribution in [-0.4, -0.2) is 17.0 Å². The largest absolute Gasteiger partial charge is 0.355 e. The minimum atomic E-state index is 0.720. The summed E-state index contributed by atoms with van der Waals surface area (Å²) in [7, 11) is 2.03. The van der Waals surface area contributed by atoms with E-state index in [9.17, 15) is 0 Å². The monoisotopic (exact) mass is 352 g/mol. The van der Waals surface area contributed by atoms with Gasteiger partial charge in [-0.2, -0.15) is 0 Å². The Morgan fingerprint density at radius 1 is 1.00 bits per heavy atom. The molecule has 0 fully saturated rings. The molecule has 0 radical (unpaired) electrons. The molecule has 3 aromatic rings. The fraction of sp³-hybridized carbons (Fsp3) is 0.200. The van der Waals surface area contributed by atoms with Gasteiger partial charge < -0.3 is 10.2 Å². The Balaban J connectivity index is 1.81. The van der Waals surface area contributed by atoms with Crippen LogP contribution < -0.4 is 10.2 Å². The number of benzene rings is 2. The zero-order valence-electron chi connectivity index (χ0n) is 14.6. The Bertz CT molecular complexity index is 865. The van der Waals surface area contributed by atoms with Crippen molar-refractivity contribution in [3.63, 3.8) is 0 Å². The lowest BCUT2D eigenvalue weighted by molar-refractivity contribution is 0.880. The summed E-state index contributed by atoms with van der Waals surface area (Å²) >= 11 is 6.20. The average Bonchev–Trinajstić information content (AvgIpc) is 2.58. The SMILES string of the molecule is Cc1nc(Nc2ccc(C)c(Cl)c2)cc(N(C)Cc2ccccc2)n1. The lowest BCUT2D eigenvalue weighted by Gasteiger charge is -2.19. The highest BCUT2D eigenvalue weighted by Crippen LogP contribution is 2.24. The molecule has 5 heteroatoms. The van der Waals surface area contributed by atoms with Crippen LogP contribution in [0.5, 0.6) is 0 Å². The van der Waals surface area contributed by atoms with E-state index in [0.29, 0.717) is 0 Å². The van der Waals surface area contributed by atoms with Gasteiger partial charge in [-0.1, -0.05) is 48.0 Å². The predicted molar refractivity (Wildman–Crippen MR) is 105 cm³/mol. The van der Waals surface area contributed by atoms with Crippen LogP contribution in [0.2, 0.25) is 5.02 Å². The topological polar surface area (TPSA) is 41.1 Å². The van der Waals surface area contributed by atoms with E-state index in [1.807, 2.05) is 63.4 Å². The molecule has 1 aromatic heterocycles. The second-order valence-electron chi connectivity index (χ2n) is 6.09. The van der Waals surface area contributed by atoms with Crippen molar-refractivity contribution in [2.75, 3.05) is 17.3 Å². The molecule has 0 aliphatic rings. The molecule has 0 atom stereocenters. The molecule has 0 bridgehead atoms. The zero-order valence-corrected chi connectivity index (χ0v) is 15.4. The van der Waals surface area contributed by atoms with Crippen molar-refractivity contribution in [2.24, 2.45) is 0 Å². The minimum Gasteiger partial charge on any atom is -0.355 e. The van der Waals surface area contributed by atoms with E-state index in [1.165, 1.54) is 5.56 Å². The molecule has 3 rings (SSSR count). The van der Waals surface area contributed by atoms with Crippen molar-refractivity contribution in [1.29, 1.82) is 0 Å². The van der Waals surface area contributed by atoms with Gasteiger partial charge in [-0.25, -0.2) is 9.97 Å². The highest BCUT2D eigenvalue weighted by Gasteiger charge is 2.08. The number of nitrogens with one attached hydrogen (secondary N) is 1. The third-order valence-electron chi connectivity index (χ3n) is 3.92. The van der Waals surface area contributed by atoms with Crippen LogP contribution in [0.25, 0.3) is 0 Å². The molecule has 4 nitrogen and oxygen atoms in total. The summed E-state index contributed by atoms with van der Waals surface area (Å²) in [6.07, 6.45) is 0. The van der Waals surface area contributed by atoms with Gasteiger partial charge in [0.15, 0.2) is 0 Å². The quantitative estimate of drug-likeness (QED) is 0.691. The van der Waals surface area contributed by atoms with Crippen LogP contribution in [0, 0.1) is 13.8 Å². The number of hydrogen-bond donors (Lipinski definition) is 1. The van der Waals surface area contributed by atoms with Crippen LogP contribution in [0.4, 0.5) is 17.3 Å². The van der Waals surface area contributed by atoms with E-state index in [1.54, 1.807) is 0 Å². The van der Waals surface area contributed by atoms with Gasteiger partial charge in [0.2, 0.25) is 0 Å². The Labute approximate surface area is 153 Å². The molecular weight excluding hydrogens is 332 g/mol. The molecule has 1 heterocycles. The first-order valence-electron chi connectivity index (χ1n) is 8.15. The minimum absolute atomic E-state index is 0.720. The molecule has 1 N–H and O–H groups in total. The second kappa shape index (κ2) is 7.53. The van der Waals surface area contributed by atoms with Crippen LogP contribution >= 0.6 is 11.6 Å². The molecular formula is C20H21ClN4. The van der Waals surface area contributed by atoms with Gasteiger partial charge in [0.05, 0.1) is 0 Å². The maximum atomic E-state index is 6.20. The van der Waals surface area contributed by atoms with Gasteiger partial charge >= 0.3 is 0 Å². The molecule has 0 unspecified atom stereocenters. The molecule has 0 saturated carbocycles. The summed E-state index contributed by atoms with van der Waals surface area (Å²) in [6.45, 7) is 4.66. The van der Waals surface area contributed by atoms with Crippen LogP contribution in [0.15, 0.2) is 54.6 Å². The molecule has 0 amide bonds. The number of halogens is 1. The summed E-state index contributed by atoms with van der Waals surface area (Å²) in [5.74, 6) is 2.34. The van der Waals surface area contributed by atoms with Gasteiger partial charge in [-0.05, 0) is 37.1 Å². The number of aromatic nitrogens is 2. The van der Waals surface area contributed by atoms with Gasteiger partial charge in [0, 0.05) is 30.4 Å². The number of aryl methyl sites for hydroxylation is 2. The van der Waals surface area contributed by atoms with Crippen molar-refractivity contribution in [3.8, 4) is 0 Å². The molecule has 0 saturated heterocycles. The van der Waals surface area contributed by atoms with E-state index < -0.39 is 0 Å². The van der Waals surface area contributed by atoms with Crippen LogP contribution in [0.3, 0.4) is 0 Å². The summed E-state index contributed by atoms with van der Waals surface area (Å²) in [6, 6.07) is 18.2. The number of rotatable bonds is 5. The van der Waals surface area contributed by atoms with Gasteiger partial charge in [-0.15, -0.1) is 0 Å². The number of hydrogen-bond acceptors (Lipinski definition) is 4. The van der Waals surface area contributed by atoms with E-state index >= 15 is 0 Å². The second-order valence-corrected chi connectivity index (χ2v) is 6.50. The first-order valence-corrected chi connectivity index (χ1v) is 8.53. The van der Waals surface area contributed by atoms with E-state index in [-0.39, 0.29) is 0 Å². The number of nitrogens with zero attached hydrogens (tertiary/aromatic N) is 3. The predicted octanol–water partition coefficient (Wildman–Crippen LogP) is 5.13. The third kappa shape index (κ3) is 4.48. The molecule has 0 spiro atoms. The van der Waals surface area contributed by atoms with Crippen molar-refractivity contribution in [3.05, 3.63) is 76.6 Å². The average molecular weight is 353 g/mol. The zero-order chi connectivity index (χ0) is 17.8. The lowest BCUT2D eigenvalue weighted by atomic mass is 10.2. The van der Waals surface area contributed by atoms with Crippen molar-refractivity contribution < 1.29 is 0 Å². The van der Waals surface area contributed by atoms with E-state index in [2.05, 4.69) is 32.3 Å². The first-order chi connectivity index (χ1) is 12.0. The fourth-order valence-electron chi connectivity index (χ4n) is 2.57. The van der Waals surface area contributed by atoms with E-state index in [4.69, 9.17) is 11.6 Å². The summed E-state index contributed by atoms with van der Waals surface area (Å²) in [4.78, 5) is 11.1. The number of anilines is 3. The molecule has 25 heavy (non-hydrogen) atoms. The van der Waals surface area contributed by atoms with Crippen LogP contribution in [0.1, 0.15) is 17.0 Å². The van der Waals surface area contributed by atoms with Gasteiger partial charge in [-0.3, -0.25) is 0 Å². The highest BCUT2D eigenvalue weighted by molar-refractivity contribution is 6.31. The maximum Gasteiger partial charge on any atom is 0.136 e. The Hall–Kier alpha value is -2.59. The van der Waals surface area contributed by atoms with Crippen LogP contribution in [-0.2, 0) is 6.54 Å². The normalized spacial score (nSPS) is 10.6. The Morgan fingerprint density at radius 2 is 1.76 bits per heavy atom. The molecule has 128 valence electrons. The summed E-state index contributed by atoms with van der Waals surface area (Å²) in [5.41, 5.74) is 3.20. The third-order valence-corrected chi connectivity index (χ3v) is 4.33. The Kier molecular flexibility index (Phi) is 5.19. The first kappa shape index (κ1) is 17.2. The standard InChI is InChI=1S/C20H21ClN4/c1-14-9-10-17(11-18(14)21)24-19-12-20(23-15(2)22-19)25(3)13-16-7-5-4-6-8-16/h4-12H,13H2,1-3H3,(H,22,23,24). The molecule has 0 aliphatic carbocycles. The van der Waals surface area contributed by atoms with Gasteiger partial charge in [0.1, 0.15) is 17.5 Å². The summed E-state index contributed by atoms with van der Waals surface area (Å²) in [5, 5.41) is 4.04. The van der Waals surface area contributed by atoms with Gasteiger partial charge in [0.25, 0.3) is 0 Å². The van der Waals surface area contributed by atoms with Crippen molar-refractivity contribution in [1.82, 2.24) is 9.97 Å². The fourth-order valence-corrected chi connectivity index (χ4v) is 2.75. The summed E-state index contributed by atoms with van der Waals surface area (Å²) < 4.78 is 0. The molecule has 2 aromatic carbocycles. The highest BCUT2D eigenvalue weighted by atomic mass is 35.5. The maximum absolute atomic E-state index is 6.20. The smallest absolute Gasteiger partial charge is 0.136 e. The molecule has 0 aliphatic heterocycles. The van der Waals surface area contributed by atoms with Crippen molar-refractivity contribution >= 4 is 28.9 Å². The Morgan fingerprint density at radius 3 is 2.48 bits per heavy atom. The lowest BCUT2D eigenvalue weighted by Crippen LogP contribution is -2.18. The van der Waals surface area contributed by atoms with E-state index in [0.717, 1.165) is 40.3 Å². The van der Waals surface area contributed by atoms with Crippen molar-refractivity contribution in [2.45, 2.75) is 20.4 Å².